The second-order valence-electron chi connectivity index (χ2n) is 6.98. The van der Waals surface area contributed by atoms with Crippen LogP contribution in [0.2, 0.25) is 0 Å². The predicted molar refractivity (Wildman–Crippen MR) is 103 cm³/mol. The van der Waals surface area contributed by atoms with Crippen molar-refractivity contribution in [3.05, 3.63) is 35.6 Å². The first kappa shape index (κ1) is 19.6. The Morgan fingerprint density at radius 2 is 2.12 bits per heavy atom. The number of halogens is 1. The number of thiocarbonyl (C=S) groups is 1. The number of carbonyl (C=O) groups excluding carboxylic acids is 1. The third kappa shape index (κ3) is 5.39. The molecular weight excluding hydrogens is 337 g/mol. The molecule has 0 unspecified atom stereocenters. The molecule has 1 heterocycles. The van der Waals surface area contributed by atoms with Crippen molar-refractivity contribution in [1.82, 2.24) is 15.5 Å². The molecule has 138 valence electrons. The summed E-state index contributed by atoms with van der Waals surface area (Å²) in [7, 11) is 0. The highest BCUT2D eigenvalue weighted by Crippen LogP contribution is 2.33. The number of carbonyl (C=O) groups is 1. The number of amides is 1. The van der Waals surface area contributed by atoms with E-state index in [1.54, 1.807) is 6.07 Å². The van der Waals surface area contributed by atoms with Crippen molar-refractivity contribution in [2.24, 2.45) is 11.8 Å². The maximum Gasteiger partial charge on any atom is 0.225 e. The summed E-state index contributed by atoms with van der Waals surface area (Å²) in [5.74, 6) is -0.00136. The normalized spacial score (nSPS) is 20.0. The first-order valence-electron chi connectivity index (χ1n) is 8.98. The van der Waals surface area contributed by atoms with Crippen LogP contribution in [-0.4, -0.2) is 42.1 Å². The summed E-state index contributed by atoms with van der Waals surface area (Å²) in [5.41, 5.74) is 0.853. The largest absolute Gasteiger partial charge is 0.363 e. The SMILES string of the molecule is CCNC(=S)N1C[C@H](C(=O)NCCC(C)C)[C@H](c2cccc(F)c2)C1. The summed E-state index contributed by atoms with van der Waals surface area (Å²) in [4.78, 5) is 14.7. The number of hydrogen-bond donors (Lipinski definition) is 2. The molecule has 0 bridgehead atoms. The van der Waals surface area contributed by atoms with E-state index in [1.165, 1.54) is 12.1 Å². The molecule has 0 saturated carbocycles. The van der Waals surface area contributed by atoms with Gasteiger partial charge >= 0.3 is 0 Å². The molecule has 1 fully saturated rings. The number of nitrogens with one attached hydrogen (secondary N) is 2. The second-order valence-corrected chi connectivity index (χ2v) is 7.37. The van der Waals surface area contributed by atoms with E-state index in [9.17, 15) is 9.18 Å². The number of likely N-dealkylation sites (tertiary alicyclic amines) is 1. The first-order chi connectivity index (χ1) is 11.9. The number of hydrogen-bond acceptors (Lipinski definition) is 2. The second kappa shape index (κ2) is 9.13. The molecule has 1 aromatic carbocycles. The molecule has 1 saturated heterocycles. The average molecular weight is 366 g/mol. The zero-order chi connectivity index (χ0) is 18.4. The number of rotatable bonds is 6. The Kier molecular flexibility index (Phi) is 7.17. The predicted octanol–water partition coefficient (Wildman–Crippen LogP) is 2.90. The smallest absolute Gasteiger partial charge is 0.225 e. The summed E-state index contributed by atoms with van der Waals surface area (Å²) in [5, 5.41) is 6.83. The Morgan fingerprint density at radius 3 is 2.76 bits per heavy atom. The topological polar surface area (TPSA) is 44.4 Å². The van der Waals surface area contributed by atoms with Crippen LogP contribution in [-0.2, 0) is 4.79 Å². The van der Waals surface area contributed by atoms with Crippen LogP contribution in [0.3, 0.4) is 0 Å². The highest BCUT2D eigenvalue weighted by molar-refractivity contribution is 7.80. The fourth-order valence-corrected chi connectivity index (χ4v) is 3.48. The van der Waals surface area contributed by atoms with E-state index < -0.39 is 0 Å². The fraction of sp³-hybridized carbons (Fsp3) is 0.579. The molecule has 1 amide bonds. The molecule has 2 rings (SSSR count). The molecule has 6 heteroatoms. The van der Waals surface area contributed by atoms with E-state index in [0.717, 1.165) is 18.5 Å². The molecule has 0 aromatic heterocycles. The van der Waals surface area contributed by atoms with Crippen molar-refractivity contribution in [2.75, 3.05) is 26.2 Å². The van der Waals surface area contributed by atoms with E-state index in [2.05, 4.69) is 24.5 Å². The fourth-order valence-electron chi connectivity index (χ4n) is 3.19. The van der Waals surface area contributed by atoms with Crippen molar-refractivity contribution in [3.63, 3.8) is 0 Å². The molecule has 4 nitrogen and oxygen atoms in total. The van der Waals surface area contributed by atoms with Crippen LogP contribution >= 0.6 is 12.2 Å². The summed E-state index contributed by atoms with van der Waals surface area (Å²) in [6.45, 7) is 8.84. The highest BCUT2D eigenvalue weighted by Gasteiger charge is 2.39. The van der Waals surface area contributed by atoms with Crippen molar-refractivity contribution in [1.29, 1.82) is 0 Å². The third-order valence-corrected chi connectivity index (χ3v) is 4.97. The lowest BCUT2D eigenvalue weighted by molar-refractivity contribution is -0.124. The lowest BCUT2D eigenvalue weighted by Crippen LogP contribution is -2.40. The lowest BCUT2D eigenvalue weighted by atomic mass is 9.88. The summed E-state index contributed by atoms with van der Waals surface area (Å²) < 4.78 is 13.7. The van der Waals surface area contributed by atoms with Gasteiger partial charge in [0, 0.05) is 32.1 Å². The third-order valence-electron chi connectivity index (χ3n) is 4.57. The summed E-state index contributed by atoms with van der Waals surface area (Å²) in [6, 6.07) is 6.54. The van der Waals surface area contributed by atoms with Crippen LogP contribution in [0, 0.1) is 17.7 Å². The van der Waals surface area contributed by atoms with Crippen molar-refractivity contribution in [3.8, 4) is 0 Å². The van der Waals surface area contributed by atoms with Gasteiger partial charge in [-0.05, 0) is 49.2 Å². The number of benzene rings is 1. The Bertz CT molecular complexity index is 608. The van der Waals surface area contributed by atoms with Crippen molar-refractivity contribution < 1.29 is 9.18 Å². The molecule has 2 atom stereocenters. The molecule has 25 heavy (non-hydrogen) atoms. The Balaban J connectivity index is 2.14. The molecule has 1 aliphatic rings. The Labute approximate surface area is 155 Å². The van der Waals surface area contributed by atoms with Gasteiger partial charge in [0.1, 0.15) is 5.82 Å². The monoisotopic (exact) mass is 365 g/mol. The van der Waals surface area contributed by atoms with E-state index in [-0.39, 0.29) is 23.6 Å². The van der Waals surface area contributed by atoms with Gasteiger partial charge in [0.2, 0.25) is 5.91 Å². The van der Waals surface area contributed by atoms with Crippen LogP contribution in [0.25, 0.3) is 0 Å². The zero-order valence-corrected chi connectivity index (χ0v) is 16.0. The Morgan fingerprint density at radius 1 is 1.36 bits per heavy atom. The minimum absolute atomic E-state index is 0.0247. The number of nitrogens with zero attached hydrogens (tertiary/aromatic N) is 1. The van der Waals surface area contributed by atoms with E-state index >= 15 is 0 Å². The summed E-state index contributed by atoms with van der Waals surface area (Å²) in [6.07, 6.45) is 0.947. The van der Waals surface area contributed by atoms with Crippen LogP contribution < -0.4 is 10.6 Å². The minimum Gasteiger partial charge on any atom is -0.363 e. The van der Waals surface area contributed by atoms with Gasteiger partial charge in [-0.3, -0.25) is 4.79 Å². The molecule has 0 radical (unpaired) electrons. The highest BCUT2D eigenvalue weighted by atomic mass is 32.1. The van der Waals surface area contributed by atoms with Gasteiger partial charge in [0.25, 0.3) is 0 Å². The molecule has 0 spiro atoms. The van der Waals surface area contributed by atoms with Gasteiger partial charge in [-0.25, -0.2) is 4.39 Å². The van der Waals surface area contributed by atoms with Gasteiger partial charge in [-0.2, -0.15) is 0 Å². The molecule has 1 aromatic rings. The van der Waals surface area contributed by atoms with Crippen molar-refractivity contribution >= 4 is 23.2 Å². The zero-order valence-electron chi connectivity index (χ0n) is 15.2. The minimum atomic E-state index is -0.274. The van der Waals surface area contributed by atoms with Crippen LogP contribution in [0.4, 0.5) is 4.39 Å². The van der Waals surface area contributed by atoms with Crippen LogP contribution in [0.1, 0.15) is 38.7 Å². The molecule has 1 aliphatic heterocycles. The first-order valence-corrected chi connectivity index (χ1v) is 9.39. The molecule has 2 N–H and O–H groups in total. The average Bonchev–Trinajstić information content (AvgIpc) is 3.00. The van der Waals surface area contributed by atoms with Crippen LogP contribution in [0.5, 0.6) is 0 Å². The van der Waals surface area contributed by atoms with Gasteiger partial charge in [0.15, 0.2) is 5.11 Å². The summed E-state index contributed by atoms with van der Waals surface area (Å²) >= 11 is 5.41. The maximum absolute atomic E-state index is 13.7. The van der Waals surface area contributed by atoms with Gasteiger partial charge in [-0.15, -0.1) is 0 Å². The van der Waals surface area contributed by atoms with E-state index in [0.29, 0.717) is 30.7 Å². The molecular formula is C19H28FN3OS. The van der Waals surface area contributed by atoms with Gasteiger partial charge in [0.05, 0.1) is 5.92 Å². The lowest BCUT2D eigenvalue weighted by Gasteiger charge is -2.19. The Hall–Kier alpha value is -1.69. The van der Waals surface area contributed by atoms with E-state index in [1.807, 2.05) is 17.9 Å². The maximum atomic E-state index is 13.7. The van der Waals surface area contributed by atoms with Crippen molar-refractivity contribution in [2.45, 2.75) is 33.1 Å². The van der Waals surface area contributed by atoms with Gasteiger partial charge in [-0.1, -0.05) is 26.0 Å². The quantitative estimate of drug-likeness (QED) is 0.761. The van der Waals surface area contributed by atoms with Gasteiger partial charge < -0.3 is 15.5 Å². The standard InChI is InChI=1S/C19H28FN3OS/c1-4-21-19(25)23-11-16(14-6-5-7-15(20)10-14)17(12-23)18(24)22-9-8-13(2)3/h5-7,10,13,16-17H,4,8-9,11-12H2,1-3H3,(H,21,25)(H,22,24)/t16-,17-/m0/s1. The van der Waals surface area contributed by atoms with E-state index in [4.69, 9.17) is 12.2 Å². The molecule has 0 aliphatic carbocycles. The van der Waals surface area contributed by atoms with Crippen LogP contribution in [0.15, 0.2) is 24.3 Å².